The zero-order chi connectivity index (χ0) is 21.2. The van der Waals surface area contributed by atoms with Crippen LogP contribution in [0.1, 0.15) is 113 Å². The highest BCUT2D eigenvalue weighted by atomic mass is 16.5. The molecule has 1 heterocycles. The van der Waals surface area contributed by atoms with E-state index in [1.165, 1.54) is 69.8 Å². The zero-order valence-electron chi connectivity index (χ0n) is 19.6. The Labute approximate surface area is 179 Å². The molecule has 0 amide bonds. The first-order valence-electron chi connectivity index (χ1n) is 12.1. The second-order valence-electron chi connectivity index (χ2n) is 9.55. The Kier molecular flexibility index (Phi) is 10.2. The molecule has 0 radical (unpaired) electrons. The number of ether oxygens (including phenoxy) is 1. The summed E-state index contributed by atoms with van der Waals surface area (Å²) in [4.78, 5) is 11.2. The van der Waals surface area contributed by atoms with Gasteiger partial charge in [-0.2, -0.15) is 0 Å². The van der Waals surface area contributed by atoms with Crippen LogP contribution in [0.15, 0.2) is 5.18 Å². The van der Waals surface area contributed by atoms with Crippen molar-refractivity contribution in [2.45, 2.75) is 124 Å². The van der Waals surface area contributed by atoms with E-state index in [9.17, 15) is 4.91 Å². The van der Waals surface area contributed by atoms with Crippen LogP contribution in [-0.4, -0.2) is 6.10 Å². The van der Waals surface area contributed by atoms with Crippen molar-refractivity contribution in [2.24, 2.45) is 11.1 Å². The van der Waals surface area contributed by atoms with Gasteiger partial charge in [0.25, 0.3) is 0 Å². The molecule has 2 rings (SSSR count). The Bertz CT molecular complexity index is 651. The first kappa shape index (κ1) is 23.9. The molecule has 1 unspecified atom stereocenters. The average molecular weight is 402 g/mol. The summed E-state index contributed by atoms with van der Waals surface area (Å²) in [5.41, 5.74) is 4.90. The van der Waals surface area contributed by atoms with E-state index in [2.05, 4.69) is 25.9 Å². The average Bonchev–Trinajstić information content (AvgIpc) is 2.70. The van der Waals surface area contributed by atoms with Gasteiger partial charge < -0.3 is 4.74 Å². The van der Waals surface area contributed by atoms with Gasteiger partial charge in [-0.25, -0.2) is 0 Å². The smallest absolute Gasteiger partial charge is 0.126 e. The Balaban J connectivity index is 1.62. The van der Waals surface area contributed by atoms with E-state index in [4.69, 9.17) is 4.74 Å². The Morgan fingerprint density at radius 1 is 0.862 bits per heavy atom. The largest absolute Gasteiger partial charge is 0.490 e. The molecule has 1 aliphatic rings. The first-order valence-corrected chi connectivity index (χ1v) is 12.1. The molecule has 1 atom stereocenters. The molecule has 29 heavy (non-hydrogen) atoms. The normalized spacial score (nSPS) is 16.0. The second kappa shape index (κ2) is 12.3. The third kappa shape index (κ3) is 7.12. The molecule has 1 aliphatic heterocycles. The molecule has 0 saturated heterocycles. The van der Waals surface area contributed by atoms with E-state index < -0.39 is 0 Å². The highest BCUT2D eigenvalue weighted by molar-refractivity contribution is 5.64. The van der Waals surface area contributed by atoms with Gasteiger partial charge in [-0.05, 0) is 79.8 Å². The molecular formula is C26H43NO2. The minimum absolute atomic E-state index is 0.330. The molecule has 1 aromatic carbocycles. The lowest BCUT2D eigenvalue weighted by atomic mass is 9.90. The molecule has 0 aromatic heterocycles. The minimum Gasteiger partial charge on any atom is -0.490 e. The van der Waals surface area contributed by atoms with Crippen LogP contribution in [0.25, 0.3) is 0 Å². The summed E-state index contributed by atoms with van der Waals surface area (Å²) >= 11 is 0. The fourth-order valence-corrected chi connectivity index (χ4v) is 4.66. The Morgan fingerprint density at radius 3 is 2.03 bits per heavy atom. The predicted molar refractivity (Wildman–Crippen MR) is 124 cm³/mol. The lowest BCUT2D eigenvalue weighted by molar-refractivity contribution is 0.158. The summed E-state index contributed by atoms with van der Waals surface area (Å²) in [6.07, 6.45) is 17.3. The summed E-state index contributed by atoms with van der Waals surface area (Å²) in [5, 5.41) is 3.26. The number of nitrogens with zero attached hydrogens (tertiary/aromatic N) is 1. The molecule has 1 aromatic rings. The molecule has 3 nitrogen and oxygen atoms in total. The minimum atomic E-state index is 0.330. The molecule has 3 heteroatoms. The summed E-state index contributed by atoms with van der Waals surface area (Å²) in [5.74, 6) is 1.89. The highest BCUT2D eigenvalue weighted by Crippen LogP contribution is 2.41. The topological polar surface area (TPSA) is 38.7 Å². The lowest BCUT2D eigenvalue weighted by Crippen LogP contribution is -2.24. The summed E-state index contributed by atoms with van der Waals surface area (Å²) in [7, 11) is 0. The maximum Gasteiger partial charge on any atom is 0.126 e. The van der Waals surface area contributed by atoms with Crippen molar-refractivity contribution in [3.8, 4) is 5.75 Å². The van der Waals surface area contributed by atoms with Crippen LogP contribution in [-0.2, 0) is 6.42 Å². The van der Waals surface area contributed by atoms with E-state index in [1.54, 1.807) is 0 Å². The number of hydrogen-bond donors (Lipinski definition) is 0. The fourth-order valence-electron chi connectivity index (χ4n) is 4.66. The maximum atomic E-state index is 11.2. The molecule has 164 valence electrons. The summed E-state index contributed by atoms with van der Waals surface area (Å²) < 4.78 is 6.38. The van der Waals surface area contributed by atoms with Crippen molar-refractivity contribution < 1.29 is 4.74 Å². The van der Waals surface area contributed by atoms with E-state index in [1.807, 2.05) is 13.8 Å². The van der Waals surface area contributed by atoms with Crippen LogP contribution in [0.4, 0.5) is 5.69 Å². The van der Waals surface area contributed by atoms with Gasteiger partial charge in [-0.1, -0.05) is 71.6 Å². The molecule has 0 bridgehead atoms. The standard InChI is InChI=1S/C26H43NO2/c1-19(2)15-13-11-9-7-6-8-10-12-14-16-23-17-18-24-22(5)25(27-28)20(3)21(4)26(24)29-23/h19,23H,6-18H2,1-5H3. The number of fused-ring (bicyclic) bond motifs is 1. The lowest BCUT2D eigenvalue weighted by Gasteiger charge is -2.30. The highest BCUT2D eigenvalue weighted by Gasteiger charge is 2.26. The Hall–Kier alpha value is -1.38. The monoisotopic (exact) mass is 401 g/mol. The van der Waals surface area contributed by atoms with Gasteiger partial charge in [0.2, 0.25) is 0 Å². The zero-order valence-corrected chi connectivity index (χ0v) is 19.6. The van der Waals surface area contributed by atoms with Gasteiger partial charge in [-0.15, -0.1) is 4.91 Å². The van der Waals surface area contributed by atoms with Gasteiger partial charge >= 0.3 is 0 Å². The maximum absolute atomic E-state index is 11.2. The van der Waals surface area contributed by atoms with Gasteiger partial charge in [0.1, 0.15) is 11.4 Å². The molecular weight excluding hydrogens is 358 g/mol. The van der Waals surface area contributed by atoms with Crippen LogP contribution in [0.5, 0.6) is 5.75 Å². The van der Waals surface area contributed by atoms with E-state index in [0.717, 1.165) is 47.6 Å². The fraction of sp³-hybridized carbons (Fsp3) is 0.769. The van der Waals surface area contributed by atoms with Crippen molar-refractivity contribution in [1.82, 2.24) is 0 Å². The quantitative estimate of drug-likeness (QED) is 0.245. The van der Waals surface area contributed by atoms with Gasteiger partial charge in [0.05, 0.1) is 6.10 Å². The number of nitroso groups, excluding NO2 is 1. The van der Waals surface area contributed by atoms with Crippen LogP contribution >= 0.6 is 0 Å². The molecule has 0 N–H and O–H groups in total. The van der Waals surface area contributed by atoms with Crippen LogP contribution in [0.3, 0.4) is 0 Å². The number of rotatable bonds is 13. The van der Waals surface area contributed by atoms with Crippen molar-refractivity contribution in [3.63, 3.8) is 0 Å². The van der Waals surface area contributed by atoms with Crippen LogP contribution in [0, 0.1) is 31.6 Å². The van der Waals surface area contributed by atoms with Crippen molar-refractivity contribution in [1.29, 1.82) is 0 Å². The number of unbranched alkanes of at least 4 members (excludes halogenated alkanes) is 8. The Morgan fingerprint density at radius 2 is 1.45 bits per heavy atom. The third-order valence-electron chi connectivity index (χ3n) is 6.74. The molecule has 0 spiro atoms. The van der Waals surface area contributed by atoms with Gasteiger partial charge in [-0.3, -0.25) is 0 Å². The number of benzene rings is 1. The SMILES string of the molecule is Cc1c(C)c2c(c(C)c1N=O)CCC(CCCCCCCCCCCC(C)C)O2. The molecule has 0 fully saturated rings. The van der Waals surface area contributed by atoms with Crippen molar-refractivity contribution in [3.05, 3.63) is 27.2 Å². The number of hydrogen-bond acceptors (Lipinski definition) is 3. The van der Waals surface area contributed by atoms with Crippen LogP contribution in [0.2, 0.25) is 0 Å². The van der Waals surface area contributed by atoms with E-state index >= 15 is 0 Å². The van der Waals surface area contributed by atoms with Crippen molar-refractivity contribution in [2.75, 3.05) is 0 Å². The predicted octanol–water partition coefficient (Wildman–Crippen LogP) is 8.65. The van der Waals surface area contributed by atoms with E-state index in [0.29, 0.717) is 11.8 Å². The van der Waals surface area contributed by atoms with Gasteiger partial charge in [0.15, 0.2) is 0 Å². The molecule has 0 saturated carbocycles. The summed E-state index contributed by atoms with van der Waals surface area (Å²) in [6, 6.07) is 0. The van der Waals surface area contributed by atoms with E-state index in [-0.39, 0.29) is 0 Å². The second-order valence-corrected chi connectivity index (χ2v) is 9.55. The first-order chi connectivity index (χ1) is 14.0. The third-order valence-corrected chi connectivity index (χ3v) is 6.74. The van der Waals surface area contributed by atoms with Crippen LogP contribution < -0.4 is 4.74 Å². The van der Waals surface area contributed by atoms with Gasteiger partial charge in [0, 0.05) is 0 Å². The summed E-state index contributed by atoms with van der Waals surface area (Å²) in [6.45, 7) is 10.7. The van der Waals surface area contributed by atoms with Crippen molar-refractivity contribution >= 4 is 5.69 Å². The molecule has 0 aliphatic carbocycles.